The Balaban J connectivity index is 1.14. The van der Waals surface area contributed by atoms with Crippen molar-refractivity contribution in [2.45, 2.75) is 25.3 Å². The maximum absolute atomic E-state index is 6.47. The molecule has 6 aromatic rings. The molecule has 5 heteroatoms. The first kappa shape index (κ1) is 27.7. The third-order valence-electron chi connectivity index (χ3n) is 8.78. The Morgan fingerprint density at radius 2 is 1.39 bits per heavy atom. The average Bonchev–Trinajstić information content (AvgIpc) is 3.62. The highest BCUT2D eigenvalue weighted by atomic mass is 16.3. The van der Waals surface area contributed by atoms with E-state index in [-0.39, 0.29) is 12.0 Å². The lowest BCUT2D eigenvalue weighted by molar-refractivity contribution is 0.514. The van der Waals surface area contributed by atoms with Crippen LogP contribution in [0, 0.1) is 0 Å². The summed E-state index contributed by atoms with van der Waals surface area (Å²) in [6.45, 7) is 6.63. The molecule has 0 fully saturated rings. The molecule has 222 valence electrons. The van der Waals surface area contributed by atoms with Gasteiger partial charge >= 0.3 is 0 Å². The molecule has 2 atom stereocenters. The summed E-state index contributed by atoms with van der Waals surface area (Å²) < 4.78 is 6.47. The fraction of sp³-hybridized carbons (Fsp3) is 0.0976. The van der Waals surface area contributed by atoms with Crippen LogP contribution in [0.1, 0.15) is 35.6 Å². The molecule has 0 saturated carbocycles. The molecule has 0 bridgehead atoms. The highest BCUT2D eigenvalue weighted by Gasteiger charge is 2.42. The van der Waals surface area contributed by atoms with Gasteiger partial charge in [-0.2, -0.15) is 0 Å². The first-order chi connectivity index (χ1) is 22.6. The number of rotatable bonds is 6. The van der Waals surface area contributed by atoms with E-state index in [9.17, 15) is 0 Å². The van der Waals surface area contributed by atoms with Crippen molar-refractivity contribution in [3.63, 3.8) is 0 Å². The molecule has 4 aromatic carbocycles. The van der Waals surface area contributed by atoms with Crippen LogP contribution in [-0.2, 0) is 6.42 Å². The van der Waals surface area contributed by atoms with Crippen molar-refractivity contribution in [1.82, 2.24) is 15.0 Å². The number of allylic oxidation sites excluding steroid dienone is 2. The van der Waals surface area contributed by atoms with Gasteiger partial charge in [0.2, 0.25) is 0 Å². The molecular formula is C41H32N4O. The second-order valence-electron chi connectivity index (χ2n) is 11.7. The van der Waals surface area contributed by atoms with Gasteiger partial charge in [0, 0.05) is 45.6 Å². The molecule has 0 N–H and O–H groups in total. The standard InChI is InChI=1S/C41H32N4O/c1-27(22-25-37-42-40(29-14-6-3-7-15-29)44-41(43-37)30-16-8-4-9-17-30)26-36-28(2)38-35(46-36)24-23-34-39(38)32-20-12-13-21-33(32)45(34)31-18-10-5-11-19-31/h3-24,26,34,39H,2,25H2,1H3/b27-22-,36-26+. The second kappa shape index (κ2) is 11.6. The Morgan fingerprint density at radius 3 is 2.07 bits per heavy atom. The minimum Gasteiger partial charge on any atom is -0.456 e. The first-order valence-corrected chi connectivity index (χ1v) is 15.6. The van der Waals surface area contributed by atoms with E-state index in [0.717, 1.165) is 38.7 Å². The fourth-order valence-corrected chi connectivity index (χ4v) is 6.63. The van der Waals surface area contributed by atoms with Crippen LogP contribution in [0.3, 0.4) is 0 Å². The topological polar surface area (TPSA) is 55.1 Å². The third-order valence-corrected chi connectivity index (χ3v) is 8.78. The predicted molar refractivity (Wildman–Crippen MR) is 186 cm³/mol. The van der Waals surface area contributed by atoms with E-state index in [1.807, 2.05) is 60.7 Å². The SMILES string of the molecule is C=c1c2c(o/c1=C/C(C)=C\Cc1nc(-c3ccccc3)nc(-c3ccccc3)n1)C=CC1C2c2ccccc2N1c1ccccc1. The van der Waals surface area contributed by atoms with Crippen molar-refractivity contribution in [2.24, 2.45) is 0 Å². The van der Waals surface area contributed by atoms with E-state index in [4.69, 9.17) is 19.4 Å². The van der Waals surface area contributed by atoms with E-state index in [0.29, 0.717) is 23.9 Å². The zero-order valence-electron chi connectivity index (χ0n) is 25.5. The van der Waals surface area contributed by atoms with Gasteiger partial charge in [-0.25, -0.2) is 15.0 Å². The molecule has 46 heavy (non-hydrogen) atoms. The molecule has 0 spiro atoms. The summed E-state index contributed by atoms with van der Waals surface area (Å²) in [7, 11) is 0. The maximum atomic E-state index is 6.47. The van der Waals surface area contributed by atoms with Crippen molar-refractivity contribution in [3.05, 3.63) is 166 Å². The van der Waals surface area contributed by atoms with Crippen LogP contribution in [0.4, 0.5) is 11.4 Å². The summed E-state index contributed by atoms with van der Waals surface area (Å²) in [5.74, 6) is 3.06. The molecule has 2 unspecified atom stereocenters. The quantitative estimate of drug-likeness (QED) is 0.196. The largest absolute Gasteiger partial charge is 0.456 e. The molecular weight excluding hydrogens is 564 g/mol. The van der Waals surface area contributed by atoms with Gasteiger partial charge in [-0.1, -0.05) is 121 Å². The van der Waals surface area contributed by atoms with Crippen LogP contribution < -0.4 is 15.5 Å². The Kier molecular flexibility index (Phi) is 6.99. The number of hydrogen-bond donors (Lipinski definition) is 0. The number of fused-ring (bicyclic) bond motifs is 5. The number of furan rings is 1. The van der Waals surface area contributed by atoms with Crippen molar-refractivity contribution < 1.29 is 4.42 Å². The van der Waals surface area contributed by atoms with E-state index in [1.54, 1.807) is 0 Å². The van der Waals surface area contributed by atoms with Gasteiger partial charge in [0.25, 0.3) is 0 Å². The third kappa shape index (κ3) is 4.96. The van der Waals surface area contributed by atoms with Crippen molar-refractivity contribution >= 4 is 30.1 Å². The highest BCUT2D eigenvalue weighted by molar-refractivity contribution is 5.78. The predicted octanol–water partition coefficient (Wildman–Crippen LogP) is 7.86. The Labute approximate surface area is 268 Å². The van der Waals surface area contributed by atoms with Crippen LogP contribution in [0.5, 0.6) is 0 Å². The van der Waals surface area contributed by atoms with Crippen molar-refractivity contribution in [1.29, 1.82) is 0 Å². The zero-order chi connectivity index (χ0) is 31.0. The smallest absolute Gasteiger partial charge is 0.163 e. The molecule has 0 amide bonds. The summed E-state index contributed by atoms with van der Waals surface area (Å²) >= 11 is 0. The van der Waals surface area contributed by atoms with Crippen molar-refractivity contribution in [3.8, 4) is 22.8 Å². The number of aromatic nitrogens is 3. The van der Waals surface area contributed by atoms with Gasteiger partial charge in [-0.3, -0.25) is 0 Å². The number of para-hydroxylation sites is 2. The Bertz CT molecular complexity index is 2160. The van der Waals surface area contributed by atoms with Crippen LogP contribution in [0.15, 0.2) is 137 Å². The monoisotopic (exact) mass is 596 g/mol. The van der Waals surface area contributed by atoms with E-state index in [2.05, 4.69) is 97.3 Å². The van der Waals surface area contributed by atoms with Crippen molar-refractivity contribution in [2.75, 3.05) is 4.90 Å². The van der Waals surface area contributed by atoms with Gasteiger partial charge < -0.3 is 9.32 Å². The molecule has 2 aromatic heterocycles. The summed E-state index contributed by atoms with van der Waals surface area (Å²) in [5.41, 5.74) is 8.63. The summed E-state index contributed by atoms with van der Waals surface area (Å²) in [6.07, 6.45) is 9.16. The number of benzene rings is 4. The lowest BCUT2D eigenvalue weighted by Gasteiger charge is -2.30. The van der Waals surface area contributed by atoms with Crippen LogP contribution >= 0.6 is 0 Å². The van der Waals surface area contributed by atoms with Gasteiger partial charge in [0.05, 0.1) is 6.04 Å². The molecule has 3 heterocycles. The van der Waals surface area contributed by atoms with E-state index in [1.165, 1.54) is 16.9 Å². The normalized spacial score (nSPS) is 17.1. The van der Waals surface area contributed by atoms with Gasteiger partial charge in [-0.05, 0) is 42.8 Å². The van der Waals surface area contributed by atoms with Crippen LogP contribution in [0.25, 0.3) is 41.5 Å². The molecule has 1 aliphatic carbocycles. The van der Waals surface area contributed by atoms with Gasteiger partial charge in [0.1, 0.15) is 17.0 Å². The van der Waals surface area contributed by atoms with Gasteiger partial charge in [-0.15, -0.1) is 0 Å². The Hall–Kier alpha value is -5.81. The van der Waals surface area contributed by atoms with Crippen LogP contribution in [0.2, 0.25) is 0 Å². The van der Waals surface area contributed by atoms with Gasteiger partial charge in [0.15, 0.2) is 11.6 Å². The van der Waals surface area contributed by atoms with Crippen LogP contribution in [-0.4, -0.2) is 21.0 Å². The molecule has 0 saturated heterocycles. The molecule has 2 aliphatic rings. The molecule has 1 aliphatic heterocycles. The minimum absolute atomic E-state index is 0.136. The average molecular weight is 597 g/mol. The lowest BCUT2D eigenvalue weighted by Crippen LogP contribution is -2.33. The molecule has 8 rings (SSSR count). The highest BCUT2D eigenvalue weighted by Crippen LogP contribution is 2.50. The summed E-state index contributed by atoms with van der Waals surface area (Å²) in [6, 6.07) is 39.5. The summed E-state index contributed by atoms with van der Waals surface area (Å²) in [4.78, 5) is 16.9. The second-order valence-corrected chi connectivity index (χ2v) is 11.7. The zero-order valence-corrected chi connectivity index (χ0v) is 25.5. The van der Waals surface area contributed by atoms with E-state index >= 15 is 0 Å². The lowest BCUT2D eigenvalue weighted by atomic mass is 9.83. The van der Waals surface area contributed by atoms with E-state index < -0.39 is 0 Å². The molecule has 5 nitrogen and oxygen atoms in total. The number of nitrogens with zero attached hydrogens (tertiary/aromatic N) is 4. The molecule has 0 radical (unpaired) electrons. The Morgan fingerprint density at radius 1 is 0.783 bits per heavy atom. The first-order valence-electron chi connectivity index (χ1n) is 15.6. The minimum atomic E-state index is 0.136. The number of anilines is 2. The maximum Gasteiger partial charge on any atom is 0.163 e. The number of hydrogen-bond acceptors (Lipinski definition) is 5. The fourth-order valence-electron chi connectivity index (χ4n) is 6.63. The summed E-state index contributed by atoms with van der Waals surface area (Å²) in [5, 5.41) is 0.935.